The SMILES string of the molecule is CCn1c(SCC(=O)Nc2cc(C)on2)nnc1N1CCOCC1. The molecule has 2 aromatic rings. The van der Waals surface area contributed by atoms with Gasteiger partial charge in [-0.25, -0.2) is 0 Å². The van der Waals surface area contributed by atoms with Gasteiger partial charge in [0, 0.05) is 25.7 Å². The average molecular weight is 352 g/mol. The third-order valence-corrected chi connectivity index (χ3v) is 4.50. The first-order valence-electron chi connectivity index (χ1n) is 7.79. The van der Waals surface area contributed by atoms with Gasteiger partial charge < -0.3 is 19.5 Å². The zero-order chi connectivity index (χ0) is 16.9. The van der Waals surface area contributed by atoms with Crippen LogP contribution in [0.1, 0.15) is 12.7 Å². The number of nitrogens with one attached hydrogen (secondary N) is 1. The molecule has 130 valence electrons. The van der Waals surface area contributed by atoms with E-state index in [2.05, 4.69) is 25.6 Å². The van der Waals surface area contributed by atoms with Crippen molar-refractivity contribution in [2.24, 2.45) is 0 Å². The van der Waals surface area contributed by atoms with Crippen LogP contribution in [0.2, 0.25) is 0 Å². The van der Waals surface area contributed by atoms with Gasteiger partial charge >= 0.3 is 0 Å². The standard InChI is InChI=1S/C14H20N6O3S/c1-3-20-13(19-4-6-22-7-5-19)16-17-14(20)24-9-12(21)15-11-8-10(2)23-18-11/h8H,3-7,9H2,1-2H3,(H,15,18,21). The number of carbonyl (C=O) groups is 1. The predicted octanol–water partition coefficient (Wildman–Crippen LogP) is 1.16. The molecule has 1 N–H and O–H groups in total. The van der Waals surface area contributed by atoms with Crippen LogP contribution in [0.25, 0.3) is 0 Å². The minimum Gasteiger partial charge on any atom is -0.378 e. The van der Waals surface area contributed by atoms with Crippen LogP contribution >= 0.6 is 11.8 Å². The molecule has 0 aliphatic carbocycles. The van der Waals surface area contributed by atoms with Crippen molar-refractivity contribution in [2.75, 3.05) is 42.3 Å². The molecule has 0 unspecified atom stereocenters. The molecule has 1 aliphatic heterocycles. The second kappa shape index (κ2) is 7.67. The van der Waals surface area contributed by atoms with E-state index in [-0.39, 0.29) is 11.7 Å². The van der Waals surface area contributed by atoms with Crippen molar-refractivity contribution >= 4 is 29.4 Å². The Balaban J connectivity index is 1.60. The van der Waals surface area contributed by atoms with Gasteiger partial charge in [0.25, 0.3) is 0 Å². The van der Waals surface area contributed by atoms with Crippen LogP contribution in [0.3, 0.4) is 0 Å². The summed E-state index contributed by atoms with van der Waals surface area (Å²) in [5, 5.41) is 15.7. The van der Waals surface area contributed by atoms with Crippen molar-refractivity contribution in [2.45, 2.75) is 25.5 Å². The zero-order valence-electron chi connectivity index (χ0n) is 13.7. The van der Waals surface area contributed by atoms with Crippen LogP contribution in [0.15, 0.2) is 15.7 Å². The Kier molecular flexibility index (Phi) is 5.36. The van der Waals surface area contributed by atoms with Crippen molar-refractivity contribution in [3.05, 3.63) is 11.8 Å². The monoisotopic (exact) mass is 352 g/mol. The van der Waals surface area contributed by atoms with Gasteiger partial charge in [-0.2, -0.15) is 0 Å². The van der Waals surface area contributed by atoms with E-state index in [1.807, 2.05) is 11.5 Å². The predicted molar refractivity (Wildman–Crippen MR) is 89.3 cm³/mol. The summed E-state index contributed by atoms with van der Waals surface area (Å²) in [4.78, 5) is 14.2. The third-order valence-electron chi connectivity index (χ3n) is 3.54. The van der Waals surface area contributed by atoms with Gasteiger partial charge in [-0.05, 0) is 13.8 Å². The number of aryl methyl sites for hydroxylation is 1. The molecular weight excluding hydrogens is 332 g/mol. The van der Waals surface area contributed by atoms with Crippen LogP contribution in [-0.2, 0) is 16.1 Å². The smallest absolute Gasteiger partial charge is 0.236 e. The highest BCUT2D eigenvalue weighted by atomic mass is 32.2. The molecule has 1 amide bonds. The van der Waals surface area contributed by atoms with E-state index in [1.54, 1.807) is 13.0 Å². The Morgan fingerprint density at radius 2 is 2.17 bits per heavy atom. The fourth-order valence-electron chi connectivity index (χ4n) is 2.40. The summed E-state index contributed by atoms with van der Waals surface area (Å²) >= 11 is 1.35. The lowest BCUT2D eigenvalue weighted by molar-refractivity contribution is -0.113. The van der Waals surface area contributed by atoms with Gasteiger partial charge in [0.05, 0.1) is 19.0 Å². The fraction of sp³-hybridized carbons (Fsp3) is 0.571. The maximum absolute atomic E-state index is 12.0. The lowest BCUT2D eigenvalue weighted by Gasteiger charge is -2.27. The van der Waals surface area contributed by atoms with E-state index in [1.165, 1.54) is 11.8 Å². The van der Waals surface area contributed by atoms with E-state index in [4.69, 9.17) is 9.26 Å². The Morgan fingerprint density at radius 3 is 2.83 bits per heavy atom. The van der Waals surface area contributed by atoms with E-state index >= 15 is 0 Å². The second-order valence-electron chi connectivity index (χ2n) is 5.29. The van der Waals surface area contributed by atoms with Gasteiger partial charge in [0.1, 0.15) is 5.76 Å². The number of amides is 1. The summed E-state index contributed by atoms with van der Waals surface area (Å²) in [6.45, 7) is 7.54. The van der Waals surface area contributed by atoms with Crippen LogP contribution in [0.5, 0.6) is 0 Å². The molecule has 1 saturated heterocycles. The van der Waals surface area contributed by atoms with Crippen molar-refractivity contribution in [1.82, 2.24) is 19.9 Å². The molecule has 1 fully saturated rings. The van der Waals surface area contributed by atoms with Crippen molar-refractivity contribution in [3.8, 4) is 0 Å². The number of rotatable bonds is 6. The summed E-state index contributed by atoms with van der Waals surface area (Å²) in [5.74, 6) is 1.97. The van der Waals surface area contributed by atoms with Crippen LogP contribution in [-0.4, -0.2) is 57.9 Å². The molecule has 24 heavy (non-hydrogen) atoms. The maximum atomic E-state index is 12.0. The number of thioether (sulfide) groups is 1. The Hall–Kier alpha value is -2.07. The normalized spacial score (nSPS) is 14.8. The molecule has 0 bridgehead atoms. The lowest BCUT2D eigenvalue weighted by Crippen LogP contribution is -2.38. The average Bonchev–Trinajstić information content (AvgIpc) is 3.19. The quantitative estimate of drug-likeness (QED) is 0.774. The highest BCUT2D eigenvalue weighted by Crippen LogP contribution is 2.22. The number of aromatic nitrogens is 4. The number of morpholine rings is 1. The number of anilines is 2. The van der Waals surface area contributed by atoms with E-state index in [0.29, 0.717) is 24.8 Å². The Bertz CT molecular complexity index is 694. The highest BCUT2D eigenvalue weighted by Gasteiger charge is 2.20. The molecule has 3 heterocycles. The zero-order valence-corrected chi connectivity index (χ0v) is 14.5. The molecule has 0 aromatic carbocycles. The Labute approximate surface area is 143 Å². The van der Waals surface area contributed by atoms with E-state index in [0.717, 1.165) is 30.7 Å². The third kappa shape index (κ3) is 3.88. The molecule has 1 aliphatic rings. The molecule has 0 atom stereocenters. The number of nitrogens with zero attached hydrogens (tertiary/aromatic N) is 5. The number of carbonyl (C=O) groups excluding carboxylic acids is 1. The fourth-order valence-corrected chi connectivity index (χ4v) is 3.19. The minimum absolute atomic E-state index is 0.160. The van der Waals surface area contributed by atoms with E-state index < -0.39 is 0 Å². The topological polar surface area (TPSA) is 98.3 Å². The summed E-state index contributed by atoms with van der Waals surface area (Å²) in [5.41, 5.74) is 0. The van der Waals surface area contributed by atoms with Crippen LogP contribution in [0, 0.1) is 6.92 Å². The molecule has 0 saturated carbocycles. The Morgan fingerprint density at radius 1 is 1.38 bits per heavy atom. The molecule has 9 nitrogen and oxygen atoms in total. The largest absolute Gasteiger partial charge is 0.378 e. The van der Waals surface area contributed by atoms with Crippen molar-refractivity contribution in [1.29, 1.82) is 0 Å². The molecule has 3 rings (SSSR count). The summed E-state index contributed by atoms with van der Waals surface area (Å²) in [7, 11) is 0. The van der Waals surface area contributed by atoms with Gasteiger partial charge in [0.15, 0.2) is 11.0 Å². The first-order valence-corrected chi connectivity index (χ1v) is 8.77. The first kappa shape index (κ1) is 16.8. The van der Waals surface area contributed by atoms with Gasteiger partial charge in [-0.3, -0.25) is 9.36 Å². The minimum atomic E-state index is -0.160. The number of hydrogen-bond donors (Lipinski definition) is 1. The van der Waals surface area contributed by atoms with Gasteiger partial charge in [-0.15, -0.1) is 10.2 Å². The van der Waals surface area contributed by atoms with Crippen LogP contribution < -0.4 is 10.2 Å². The summed E-state index contributed by atoms with van der Waals surface area (Å²) in [6, 6.07) is 1.67. The number of hydrogen-bond acceptors (Lipinski definition) is 8. The highest BCUT2D eigenvalue weighted by molar-refractivity contribution is 7.99. The first-order chi connectivity index (χ1) is 11.7. The summed E-state index contributed by atoms with van der Waals surface area (Å²) < 4.78 is 12.3. The second-order valence-corrected chi connectivity index (χ2v) is 6.23. The summed E-state index contributed by atoms with van der Waals surface area (Å²) in [6.07, 6.45) is 0. The van der Waals surface area contributed by atoms with Crippen molar-refractivity contribution in [3.63, 3.8) is 0 Å². The van der Waals surface area contributed by atoms with Crippen molar-refractivity contribution < 1.29 is 14.1 Å². The van der Waals surface area contributed by atoms with E-state index in [9.17, 15) is 4.79 Å². The maximum Gasteiger partial charge on any atom is 0.236 e. The number of ether oxygens (including phenoxy) is 1. The molecule has 10 heteroatoms. The molecule has 0 spiro atoms. The van der Waals surface area contributed by atoms with Gasteiger partial charge in [0.2, 0.25) is 11.9 Å². The van der Waals surface area contributed by atoms with Crippen LogP contribution in [0.4, 0.5) is 11.8 Å². The molecule has 0 radical (unpaired) electrons. The molecular formula is C14H20N6O3S. The van der Waals surface area contributed by atoms with Gasteiger partial charge in [-0.1, -0.05) is 16.9 Å². The lowest BCUT2D eigenvalue weighted by atomic mass is 10.4. The molecule has 2 aromatic heterocycles.